The Bertz CT molecular complexity index is 134. The molecule has 0 atom stereocenters. The fraction of sp³-hybridized carbons (Fsp3) is 0.556. The van der Waals surface area contributed by atoms with Gasteiger partial charge in [-0.3, -0.25) is 10.6 Å². The summed E-state index contributed by atoms with van der Waals surface area (Å²) in [6.45, 7) is 9.56. The Morgan fingerprint density at radius 1 is 1.09 bits per heavy atom. The van der Waals surface area contributed by atoms with Crippen molar-refractivity contribution in [1.82, 2.24) is 10.6 Å². The minimum atomic E-state index is 0.0590. The summed E-state index contributed by atoms with van der Waals surface area (Å²) in [6.07, 6.45) is 5.79. The van der Waals surface area contributed by atoms with Gasteiger partial charge >= 0.3 is 0 Å². The minimum absolute atomic E-state index is 0.0590. The van der Waals surface area contributed by atoms with Crippen LogP contribution < -0.4 is 10.6 Å². The van der Waals surface area contributed by atoms with Gasteiger partial charge in [-0.05, 0) is 12.8 Å². The zero-order valence-corrected chi connectivity index (χ0v) is 6.90. The zero-order valence-electron chi connectivity index (χ0n) is 6.90. The molecule has 1 saturated heterocycles. The molecule has 0 radical (unpaired) electrons. The van der Waals surface area contributed by atoms with E-state index in [-0.39, 0.29) is 5.66 Å². The summed E-state index contributed by atoms with van der Waals surface area (Å²) in [7, 11) is 0. The first kappa shape index (κ1) is 8.50. The molecule has 0 aromatic carbocycles. The quantitative estimate of drug-likeness (QED) is 0.588. The summed E-state index contributed by atoms with van der Waals surface area (Å²) in [5, 5.41) is 6.84. The molecule has 0 amide bonds. The van der Waals surface area contributed by atoms with Crippen LogP contribution in [-0.2, 0) is 0 Å². The first-order valence-corrected chi connectivity index (χ1v) is 4.05. The molecular formula is C9H16N2. The summed E-state index contributed by atoms with van der Waals surface area (Å²) in [4.78, 5) is 0. The van der Waals surface area contributed by atoms with E-state index < -0.39 is 0 Å². The molecule has 2 N–H and O–H groups in total. The highest BCUT2D eigenvalue weighted by atomic mass is 15.2. The van der Waals surface area contributed by atoms with Gasteiger partial charge in [-0.2, -0.15) is 0 Å². The van der Waals surface area contributed by atoms with Gasteiger partial charge in [0.25, 0.3) is 0 Å². The van der Waals surface area contributed by atoms with E-state index in [0.717, 1.165) is 25.9 Å². The molecule has 0 unspecified atom stereocenters. The van der Waals surface area contributed by atoms with Crippen molar-refractivity contribution in [2.45, 2.75) is 18.5 Å². The van der Waals surface area contributed by atoms with Crippen LogP contribution in [0.4, 0.5) is 0 Å². The molecule has 1 aliphatic heterocycles. The summed E-state index contributed by atoms with van der Waals surface area (Å²) < 4.78 is 0. The van der Waals surface area contributed by atoms with Crippen molar-refractivity contribution in [1.29, 1.82) is 0 Å². The van der Waals surface area contributed by atoms with Crippen molar-refractivity contribution in [2.75, 3.05) is 13.1 Å². The maximum atomic E-state index is 3.74. The van der Waals surface area contributed by atoms with E-state index in [2.05, 4.69) is 23.8 Å². The van der Waals surface area contributed by atoms with Crippen molar-refractivity contribution in [2.24, 2.45) is 0 Å². The molecule has 0 aliphatic carbocycles. The van der Waals surface area contributed by atoms with Gasteiger partial charge in [-0.15, -0.1) is 13.2 Å². The predicted octanol–water partition coefficient (Wildman–Crippen LogP) is 1.03. The minimum Gasteiger partial charge on any atom is -0.298 e. The highest BCUT2D eigenvalue weighted by Crippen LogP contribution is 2.15. The lowest BCUT2D eigenvalue weighted by atomic mass is 10.0. The van der Waals surface area contributed by atoms with Gasteiger partial charge in [0.05, 0.1) is 5.66 Å². The molecule has 0 saturated carbocycles. The Kier molecular flexibility index (Phi) is 2.85. The molecule has 1 fully saturated rings. The van der Waals surface area contributed by atoms with Gasteiger partial charge < -0.3 is 0 Å². The third-order valence-corrected chi connectivity index (χ3v) is 2.04. The molecule has 62 valence electrons. The molecule has 1 heterocycles. The predicted molar refractivity (Wildman–Crippen MR) is 48.4 cm³/mol. The van der Waals surface area contributed by atoms with Gasteiger partial charge in [0.1, 0.15) is 0 Å². The van der Waals surface area contributed by atoms with Crippen LogP contribution >= 0.6 is 0 Å². The fourth-order valence-corrected chi connectivity index (χ4v) is 1.53. The smallest absolute Gasteiger partial charge is 0.0758 e. The van der Waals surface area contributed by atoms with E-state index in [9.17, 15) is 0 Å². The SMILES string of the molecule is C=CCC1(CC=C)NCCN1. The average Bonchev–Trinajstić information content (AvgIpc) is 2.39. The Morgan fingerprint density at radius 3 is 1.91 bits per heavy atom. The van der Waals surface area contributed by atoms with Crippen LogP contribution in [-0.4, -0.2) is 18.8 Å². The lowest BCUT2D eigenvalue weighted by Crippen LogP contribution is -2.48. The number of rotatable bonds is 4. The third kappa shape index (κ3) is 1.91. The van der Waals surface area contributed by atoms with Crippen LogP contribution in [0.25, 0.3) is 0 Å². The van der Waals surface area contributed by atoms with Gasteiger partial charge in [-0.1, -0.05) is 12.2 Å². The van der Waals surface area contributed by atoms with Gasteiger partial charge in [-0.25, -0.2) is 0 Å². The highest BCUT2D eigenvalue weighted by Gasteiger charge is 2.29. The second-order valence-corrected chi connectivity index (χ2v) is 2.92. The molecule has 0 aromatic heterocycles. The molecule has 11 heavy (non-hydrogen) atoms. The highest BCUT2D eigenvalue weighted by molar-refractivity contribution is 4.99. The Morgan fingerprint density at radius 2 is 1.55 bits per heavy atom. The van der Waals surface area contributed by atoms with Crippen LogP contribution in [0.2, 0.25) is 0 Å². The van der Waals surface area contributed by atoms with Gasteiger partial charge in [0, 0.05) is 13.1 Å². The second kappa shape index (κ2) is 3.69. The lowest BCUT2D eigenvalue weighted by Gasteiger charge is -2.27. The maximum Gasteiger partial charge on any atom is 0.0758 e. The van der Waals surface area contributed by atoms with Crippen LogP contribution in [0.15, 0.2) is 25.3 Å². The Hall–Kier alpha value is -0.600. The molecule has 0 aromatic rings. The number of hydrogen-bond acceptors (Lipinski definition) is 2. The molecule has 1 rings (SSSR count). The molecule has 0 bridgehead atoms. The topological polar surface area (TPSA) is 24.1 Å². The van der Waals surface area contributed by atoms with E-state index in [1.807, 2.05) is 12.2 Å². The summed E-state index contributed by atoms with van der Waals surface area (Å²) in [5.74, 6) is 0. The number of nitrogens with one attached hydrogen (secondary N) is 2. The van der Waals surface area contributed by atoms with Crippen molar-refractivity contribution < 1.29 is 0 Å². The van der Waals surface area contributed by atoms with Crippen LogP contribution in [0, 0.1) is 0 Å². The van der Waals surface area contributed by atoms with E-state index in [4.69, 9.17) is 0 Å². The summed E-state index contributed by atoms with van der Waals surface area (Å²) >= 11 is 0. The largest absolute Gasteiger partial charge is 0.298 e. The van der Waals surface area contributed by atoms with Gasteiger partial charge in [0.2, 0.25) is 0 Å². The lowest BCUT2D eigenvalue weighted by molar-refractivity contribution is 0.341. The van der Waals surface area contributed by atoms with Crippen LogP contribution in [0.1, 0.15) is 12.8 Å². The van der Waals surface area contributed by atoms with Crippen LogP contribution in [0.5, 0.6) is 0 Å². The second-order valence-electron chi connectivity index (χ2n) is 2.92. The van der Waals surface area contributed by atoms with Crippen molar-refractivity contribution in [3.63, 3.8) is 0 Å². The Balaban J connectivity index is 2.53. The molecule has 0 spiro atoms. The monoisotopic (exact) mass is 152 g/mol. The van der Waals surface area contributed by atoms with Crippen molar-refractivity contribution >= 4 is 0 Å². The fourth-order valence-electron chi connectivity index (χ4n) is 1.53. The van der Waals surface area contributed by atoms with Crippen molar-refractivity contribution in [3.8, 4) is 0 Å². The Labute approximate surface area is 68.4 Å². The van der Waals surface area contributed by atoms with E-state index >= 15 is 0 Å². The maximum absolute atomic E-state index is 3.74. The molecule has 2 heteroatoms. The van der Waals surface area contributed by atoms with E-state index in [1.54, 1.807) is 0 Å². The van der Waals surface area contributed by atoms with Crippen molar-refractivity contribution in [3.05, 3.63) is 25.3 Å². The normalized spacial score (nSPS) is 21.5. The molecule has 1 aliphatic rings. The van der Waals surface area contributed by atoms with E-state index in [0.29, 0.717) is 0 Å². The first-order valence-electron chi connectivity index (χ1n) is 4.05. The average molecular weight is 152 g/mol. The van der Waals surface area contributed by atoms with Crippen LogP contribution in [0.3, 0.4) is 0 Å². The standard InChI is InChI=1S/C9H16N2/c1-3-5-9(6-4-2)10-7-8-11-9/h3-4,10-11H,1-2,5-8H2. The summed E-state index contributed by atoms with van der Waals surface area (Å²) in [6, 6.07) is 0. The first-order chi connectivity index (χ1) is 5.33. The van der Waals surface area contributed by atoms with Gasteiger partial charge in [0.15, 0.2) is 0 Å². The molecular weight excluding hydrogens is 136 g/mol. The summed E-state index contributed by atoms with van der Waals surface area (Å²) in [5.41, 5.74) is 0.0590. The van der Waals surface area contributed by atoms with E-state index in [1.165, 1.54) is 0 Å². The molecule has 2 nitrogen and oxygen atoms in total. The third-order valence-electron chi connectivity index (χ3n) is 2.04. The zero-order chi connectivity index (χ0) is 8.16. The number of hydrogen-bond donors (Lipinski definition) is 2.